The van der Waals surface area contributed by atoms with Gasteiger partial charge >= 0.3 is 0 Å². The van der Waals surface area contributed by atoms with E-state index in [2.05, 4.69) is 63.2 Å². The minimum atomic E-state index is 1.10. The number of hydrogen-bond donors (Lipinski definition) is 0. The molecule has 0 saturated heterocycles. The third kappa shape index (κ3) is 2.16. The first-order valence-corrected chi connectivity index (χ1v) is 5.87. The fourth-order valence-corrected chi connectivity index (χ4v) is 2.10. The molecule has 0 amide bonds. The van der Waals surface area contributed by atoms with E-state index in [4.69, 9.17) is 0 Å². The Morgan fingerprint density at radius 1 is 0.938 bits per heavy atom. The van der Waals surface area contributed by atoms with Crippen molar-refractivity contribution in [2.75, 3.05) is 0 Å². The van der Waals surface area contributed by atoms with Gasteiger partial charge in [0.2, 0.25) is 0 Å². The highest BCUT2D eigenvalue weighted by molar-refractivity contribution is 5.68. The van der Waals surface area contributed by atoms with Crippen LogP contribution in [0.2, 0.25) is 0 Å². The van der Waals surface area contributed by atoms with Crippen LogP contribution in [0.5, 0.6) is 0 Å². The zero-order valence-corrected chi connectivity index (χ0v) is 10.2. The Kier molecular flexibility index (Phi) is 3.09. The van der Waals surface area contributed by atoms with E-state index in [-0.39, 0.29) is 0 Å². The molecule has 0 aliphatic heterocycles. The number of aryl methyl sites for hydroxylation is 3. The molecular formula is C16H18. The molecule has 2 rings (SSSR count). The van der Waals surface area contributed by atoms with E-state index >= 15 is 0 Å². The van der Waals surface area contributed by atoms with Crippen LogP contribution in [0, 0.1) is 13.8 Å². The molecule has 0 fully saturated rings. The van der Waals surface area contributed by atoms with E-state index in [9.17, 15) is 0 Å². The monoisotopic (exact) mass is 210 g/mol. The van der Waals surface area contributed by atoms with Crippen molar-refractivity contribution >= 4 is 0 Å². The molecule has 0 heteroatoms. The zero-order chi connectivity index (χ0) is 11.5. The van der Waals surface area contributed by atoms with Crippen molar-refractivity contribution in [3.8, 4) is 11.1 Å². The smallest absolute Gasteiger partial charge is 0.0154 e. The highest BCUT2D eigenvalue weighted by Crippen LogP contribution is 2.25. The van der Waals surface area contributed by atoms with Gasteiger partial charge in [-0.3, -0.25) is 0 Å². The van der Waals surface area contributed by atoms with Crippen molar-refractivity contribution in [1.29, 1.82) is 0 Å². The zero-order valence-electron chi connectivity index (χ0n) is 10.2. The van der Waals surface area contributed by atoms with Gasteiger partial charge < -0.3 is 0 Å². The summed E-state index contributed by atoms with van der Waals surface area (Å²) in [5, 5.41) is 0. The molecule has 0 N–H and O–H groups in total. The summed E-state index contributed by atoms with van der Waals surface area (Å²) in [5.41, 5.74) is 6.76. The summed E-state index contributed by atoms with van der Waals surface area (Å²) in [5.74, 6) is 0. The van der Waals surface area contributed by atoms with E-state index in [1.54, 1.807) is 0 Å². The fraction of sp³-hybridized carbons (Fsp3) is 0.250. The summed E-state index contributed by atoms with van der Waals surface area (Å²) in [4.78, 5) is 0. The second kappa shape index (κ2) is 4.52. The molecule has 0 saturated carbocycles. The van der Waals surface area contributed by atoms with Crippen molar-refractivity contribution in [2.24, 2.45) is 0 Å². The van der Waals surface area contributed by atoms with Gasteiger partial charge in [-0.15, -0.1) is 0 Å². The van der Waals surface area contributed by atoms with E-state index in [0.29, 0.717) is 0 Å². The van der Waals surface area contributed by atoms with Crippen molar-refractivity contribution in [3.05, 3.63) is 59.2 Å². The van der Waals surface area contributed by atoms with Crippen molar-refractivity contribution in [1.82, 2.24) is 0 Å². The third-order valence-corrected chi connectivity index (χ3v) is 3.03. The van der Waals surface area contributed by atoms with Crippen LogP contribution in [0.25, 0.3) is 11.1 Å². The van der Waals surface area contributed by atoms with E-state index in [1.165, 1.54) is 27.8 Å². The average Bonchev–Trinajstić information content (AvgIpc) is 2.29. The van der Waals surface area contributed by atoms with Gasteiger partial charge in [0.25, 0.3) is 0 Å². The van der Waals surface area contributed by atoms with Gasteiger partial charge in [0, 0.05) is 0 Å². The van der Waals surface area contributed by atoms with Crippen molar-refractivity contribution in [2.45, 2.75) is 27.2 Å². The van der Waals surface area contributed by atoms with Gasteiger partial charge in [-0.1, -0.05) is 55.0 Å². The van der Waals surface area contributed by atoms with Crippen molar-refractivity contribution < 1.29 is 0 Å². The van der Waals surface area contributed by atoms with E-state index < -0.39 is 0 Å². The summed E-state index contributed by atoms with van der Waals surface area (Å²) in [6, 6.07) is 15.5. The molecule has 0 unspecified atom stereocenters. The van der Waals surface area contributed by atoms with Crippen LogP contribution in [-0.4, -0.2) is 0 Å². The molecule has 0 radical (unpaired) electrons. The second-order valence-electron chi connectivity index (χ2n) is 4.37. The molecule has 2 aromatic carbocycles. The predicted octanol–water partition coefficient (Wildman–Crippen LogP) is 4.53. The molecule has 0 atom stereocenters. The summed E-state index contributed by atoms with van der Waals surface area (Å²) in [6.07, 6.45) is 1.10. The molecule has 0 heterocycles. The maximum Gasteiger partial charge on any atom is -0.0154 e. The third-order valence-electron chi connectivity index (χ3n) is 3.03. The van der Waals surface area contributed by atoms with Gasteiger partial charge in [-0.2, -0.15) is 0 Å². The second-order valence-corrected chi connectivity index (χ2v) is 4.37. The van der Waals surface area contributed by atoms with Crippen molar-refractivity contribution in [3.63, 3.8) is 0 Å². The van der Waals surface area contributed by atoms with Crippen LogP contribution >= 0.6 is 0 Å². The highest BCUT2D eigenvalue weighted by Gasteiger charge is 2.02. The lowest BCUT2D eigenvalue weighted by Gasteiger charge is -2.08. The van der Waals surface area contributed by atoms with Crippen LogP contribution in [0.15, 0.2) is 42.5 Å². The quantitative estimate of drug-likeness (QED) is 0.683. The molecule has 0 nitrogen and oxygen atoms in total. The van der Waals surface area contributed by atoms with Crippen LogP contribution in [-0.2, 0) is 6.42 Å². The molecule has 0 aromatic heterocycles. The molecule has 0 aliphatic carbocycles. The maximum atomic E-state index is 2.29. The van der Waals surface area contributed by atoms with Crippen LogP contribution in [0.3, 0.4) is 0 Å². The summed E-state index contributed by atoms with van der Waals surface area (Å²) < 4.78 is 0. The summed E-state index contributed by atoms with van der Waals surface area (Å²) in [6.45, 7) is 6.52. The van der Waals surface area contributed by atoms with Gasteiger partial charge in [-0.25, -0.2) is 0 Å². The first-order chi connectivity index (χ1) is 7.70. The average molecular weight is 210 g/mol. The molecule has 16 heavy (non-hydrogen) atoms. The number of benzene rings is 2. The number of rotatable bonds is 2. The van der Waals surface area contributed by atoms with Crippen LogP contribution in [0.4, 0.5) is 0 Å². The Bertz CT molecular complexity index is 495. The topological polar surface area (TPSA) is 0 Å². The minimum Gasteiger partial charge on any atom is -0.0614 e. The van der Waals surface area contributed by atoms with E-state index in [1.807, 2.05) is 0 Å². The molecule has 0 aliphatic rings. The number of hydrogen-bond acceptors (Lipinski definition) is 0. The standard InChI is InChI=1S/C16H18/c1-4-14-6-5-7-15(11-14)16-9-8-12(2)10-13(16)3/h5-11H,4H2,1-3H3. The lowest BCUT2D eigenvalue weighted by Crippen LogP contribution is -1.86. The Morgan fingerprint density at radius 3 is 2.44 bits per heavy atom. The Morgan fingerprint density at radius 2 is 1.75 bits per heavy atom. The Balaban J connectivity index is 2.49. The molecule has 2 aromatic rings. The Hall–Kier alpha value is -1.56. The van der Waals surface area contributed by atoms with Crippen LogP contribution < -0.4 is 0 Å². The van der Waals surface area contributed by atoms with Gasteiger partial charge in [0.15, 0.2) is 0 Å². The maximum absolute atomic E-state index is 2.29. The summed E-state index contributed by atoms with van der Waals surface area (Å²) >= 11 is 0. The van der Waals surface area contributed by atoms with Gasteiger partial charge in [0.05, 0.1) is 0 Å². The molecule has 82 valence electrons. The molecule has 0 spiro atoms. The molecule has 0 bridgehead atoms. The van der Waals surface area contributed by atoms with Gasteiger partial charge in [0.1, 0.15) is 0 Å². The first-order valence-electron chi connectivity index (χ1n) is 5.87. The van der Waals surface area contributed by atoms with Gasteiger partial charge in [-0.05, 0) is 42.5 Å². The fourth-order valence-electron chi connectivity index (χ4n) is 2.10. The van der Waals surface area contributed by atoms with E-state index in [0.717, 1.165) is 6.42 Å². The Labute approximate surface area is 97.9 Å². The summed E-state index contributed by atoms with van der Waals surface area (Å²) in [7, 11) is 0. The minimum absolute atomic E-state index is 1.10. The lowest BCUT2D eigenvalue weighted by molar-refractivity contribution is 1.14. The lowest BCUT2D eigenvalue weighted by atomic mass is 9.97. The normalized spacial score (nSPS) is 10.4. The molecular weight excluding hydrogens is 192 g/mol. The highest BCUT2D eigenvalue weighted by atomic mass is 14.1. The predicted molar refractivity (Wildman–Crippen MR) is 70.7 cm³/mol. The first kappa shape index (κ1) is 10.9. The van der Waals surface area contributed by atoms with Crippen LogP contribution in [0.1, 0.15) is 23.6 Å². The largest absolute Gasteiger partial charge is 0.0614 e. The SMILES string of the molecule is CCc1cccc(-c2ccc(C)cc2C)c1.